The van der Waals surface area contributed by atoms with Gasteiger partial charge in [-0.2, -0.15) is 0 Å². The molecule has 1 aromatic rings. The van der Waals surface area contributed by atoms with Crippen LogP contribution >= 0.6 is 15.9 Å². The Kier molecular flexibility index (Phi) is 4.19. The van der Waals surface area contributed by atoms with Gasteiger partial charge >= 0.3 is 0 Å². The van der Waals surface area contributed by atoms with E-state index >= 15 is 0 Å². The second kappa shape index (κ2) is 5.04. The first-order chi connectivity index (χ1) is 7.29. The molecular weight excluding hydrogens is 271 g/mol. The standard InChI is InChI=1S/C12H18BrFN2/c1-12(2,3)4-5-16-11-7-9(14)8(13)6-10(11)15/h6-7,16H,4-5,15H2,1-3H3. The smallest absolute Gasteiger partial charge is 0.139 e. The molecule has 16 heavy (non-hydrogen) atoms. The first-order valence-corrected chi connectivity index (χ1v) is 6.07. The first kappa shape index (κ1) is 13.3. The van der Waals surface area contributed by atoms with Gasteiger partial charge < -0.3 is 11.1 Å². The van der Waals surface area contributed by atoms with Crippen molar-refractivity contribution in [1.29, 1.82) is 0 Å². The number of hydrogen-bond acceptors (Lipinski definition) is 2. The van der Waals surface area contributed by atoms with Crippen molar-refractivity contribution < 1.29 is 4.39 Å². The van der Waals surface area contributed by atoms with Gasteiger partial charge in [-0.1, -0.05) is 20.8 Å². The van der Waals surface area contributed by atoms with E-state index in [1.54, 1.807) is 6.07 Å². The number of rotatable bonds is 3. The Hall–Kier alpha value is -0.770. The molecule has 0 aliphatic heterocycles. The summed E-state index contributed by atoms with van der Waals surface area (Å²) >= 11 is 3.10. The predicted octanol–water partition coefficient (Wildman–Crippen LogP) is 4.02. The van der Waals surface area contributed by atoms with Crippen molar-refractivity contribution >= 4 is 27.3 Å². The quantitative estimate of drug-likeness (QED) is 0.825. The molecule has 0 amide bonds. The Balaban J connectivity index is 2.64. The zero-order chi connectivity index (χ0) is 12.3. The highest BCUT2D eigenvalue weighted by molar-refractivity contribution is 9.10. The van der Waals surface area contributed by atoms with Gasteiger partial charge in [-0.05, 0) is 33.8 Å². The van der Waals surface area contributed by atoms with Crippen LogP contribution in [0.25, 0.3) is 0 Å². The largest absolute Gasteiger partial charge is 0.397 e. The molecule has 0 saturated carbocycles. The van der Waals surface area contributed by atoms with Crippen LogP contribution in [0.5, 0.6) is 0 Å². The molecule has 0 fully saturated rings. The summed E-state index contributed by atoms with van der Waals surface area (Å²) in [6, 6.07) is 3.00. The van der Waals surface area contributed by atoms with Gasteiger partial charge in [0.2, 0.25) is 0 Å². The molecule has 1 aromatic carbocycles. The molecule has 2 nitrogen and oxygen atoms in total. The lowest BCUT2D eigenvalue weighted by Crippen LogP contribution is -2.13. The third-order valence-corrected chi connectivity index (χ3v) is 2.89. The molecule has 3 N–H and O–H groups in total. The SMILES string of the molecule is CC(C)(C)CCNc1cc(F)c(Br)cc1N. The van der Waals surface area contributed by atoms with Crippen molar-refractivity contribution in [3.05, 3.63) is 22.4 Å². The number of hydrogen-bond donors (Lipinski definition) is 2. The van der Waals surface area contributed by atoms with Gasteiger partial charge in [0.1, 0.15) is 5.82 Å². The number of halogens is 2. The van der Waals surface area contributed by atoms with E-state index in [1.165, 1.54) is 6.07 Å². The fourth-order valence-corrected chi connectivity index (χ4v) is 1.65. The van der Waals surface area contributed by atoms with Crippen molar-refractivity contribution in [2.45, 2.75) is 27.2 Å². The van der Waals surface area contributed by atoms with Crippen LogP contribution in [0.4, 0.5) is 15.8 Å². The zero-order valence-electron chi connectivity index (χ0n) is 9.90. The molecule has 0 aliphatic rings. The number of anilines is 2. The fraction of sp³-hybridized carbons (Fsp3) is 0.500. The number of nitrogen functional groups attached to an aromatic ring is 1. The van der Waals surface area contributed by atoms with E-state index in [0.29, 0.717) is 15.8 Å². The lowest BCUT2D eigenvalue weighted by molar-refractivity contribution is 0.390. The van der Waals surface area contributed by atoms with E-state index in [4.69, 9.17) is 5.73 Å². The Bertz CT molecular complexity index is 372. The van der Waals surface area contributed by atoms with Crippen LogP contribution in [-0.2, 0) is 0 Å². The van der Waals surface area contributed by atoms with Gasteiger partial charge in [0.05, 0.1) is 15.8 Å². The monoisotopic (exact) mass is 288 g/mol. The fourth-order valence-electron chi connectivity index (χ4n) is 1.29. The minimum atomic E-state index is -0.299. The highest BCUT2D eigenvalue weighted by atomic mass is 79.9. The van der Waals surface area contributed by atoms with E-state index < -0.39 is 0 Å². The highest BCUT2D eigenvalue weighted by Crippen LogP contribution is 2.27. The van der Waals surface area contributed by atoms with Crippen LogP contribution in [-0.4, -0.2) is 6.54 Å². The highest BCUT2D eigenvalue weighted by Gasteiger charge is 2.10. The summed E-state index contributed by atoms with van der Waals surface area (Å²) in [6.07, 6.45) is 1.00. The van der Waals surface area contributed by atoms with Crippen LogP contribution in [0, 0.1) is 11.2 Å². The summed E-state index contributed by atoms with van der Waals surface area (Å²) in [5, 5.41) is 3.15. The molecule has 4 heteroatoms. The van der Waals surface area contributed by atoms with Gasteiger partial charge in [-0.3, -0.25) is 0 Å². The van der Waals surface area contributed by atoms with E-state index in [0.717, 1.165) is 13.0 Å². The average molecular weight is 289 g/mol. The van der Waals surface area contributed by atoms with Crippen molar-refractivity contribution in [3.63, 3.8) is 0 Å². The summed E-state index contributed by atoms with van der Waals surface area (Å²) in [7, 11) is 0. The topological polar surface area (TPSA) is 38.0 Å². The lowest BCUT2D eigenvalue weighted by Gasteiger charge is -2.19. The van der Waals surface area contributed by atoms with Crippen LogP contribution in [0.15, 0.2) is 16.6 Å². The Morgan fingerprint density at radius 3 is 2.56 bits per heavy atom. The summed E-state index contributed by atoms with van der Waals surface area (Å²) in [5.41, 5.74) is 7.26. The molecule has 0 bridgehead atoms. The minimum Gasteiger partial charge on any atom is -0.397 e. The van der Waals surface area contributed by atoms with Gasteiger partial charge in [0, 0.05) is 12.6 Å². The maximum absolute atomic E-state index is 13.3. The predicted molar refractivity (Wildman–Crippen MR) is 71.1 cm³/mol. The second-order valence-electron chi connectivity index (χ2n) is 5.09. The van der Waals surface area contributed by atoms with Crippen molar-refractivity contribution in [2.75, 3.05) is 17.6 Å². The Morgan fingerprint density at radius 1 is 1.38 bits per heavy atom. The molecule has 0 spiro atoms. The van der Waals surface area contributed by atoms with Gasteiger partial charge in [0.15, 0.2) is 0 Å². The molecular formula is C12H18BrFN2. The summed E-state index contributed by atoms with van der Waals surface area (Å²) in [6.45, 7) is 7.29. The molecule has 0 heterocycles. The third-order valence-electron chi connectivity index (χ3n) is 2.28. The third kappa shape index (κ3) is 4.00. The van der Waals surface area contributed by atoms with Crippen molar-refractivity contribution in [2.24, 2.45) is 5.41 Å². The Labute approximate surface area is 105 Å². The molecule has 0 radical (unpaired) electrons. The first-order valence-electron chi connectivity index (χ1n) is 5.28. The average Bonchev–Trinajstić information content (AvgIpc) is 2.11. The molecule has 0 aliphatic carbocycles. The minimum absolute atomic E-state index is 0.260. The van der Waals surface area contributed by atoms with Gasteiger partial charge in [0.25, 0.3) is 0 Å². The van der Waals surface area contributed by atoms with E-state index in [2.05, 4.69) is 42.0 Å². The molecule has 0 unspecified atom stereocenters. The molecule has 90 valence electrons. The van der Waals surface area contributed by atoms with Gasteiger partial charge in [-0.25, -0.2) is 4.39 Å². The lowest BCUT2D eigenvalue weighted by atomic mass is 9.92. The zero-order valence-corrected chi connectivity index (χ0v) is 11.5. The summed E-state index contributed by atoms with van der Waals surface area (Å²) in [4.78, 5) is 0. The maximum atomic E-state index is 13.3. The maximum Gasteiger partial charge on any atom is 0.139 e. The summed E-state index contributed by atoms with van der Waals surface area (Å²) < 4.78 is 13.7. The molecule has 0 aromatic heterocycles. The molecule has 0 atom stereocenters. The molecule has 0 saturated heterocycles. The van der Waals surface area contributed by atoms with E-state index in [1.807, 2.05) is 0 Å². The van der Waals surface area contributed by atoms with Crippen molar-refractivity contribution in [3.8, 4) is 0 Å². The van der Waals surface area contributed by atoms with Crippen LogP contribution < -0.4 is 11.1 Å². The number of nitrogens with two attached hydrogens (primary N) is 1. The van der Waals surface area contributed by atoms with Crippen molar-refractivity contribution in [1.82, 2.24) is 0 Å². The van der Waals surface area contributed by atoms with Crippen LogP contribution in [0.2, 0.25) is 0 Å². The normalized spacial score (nSPS) is 11.6. The van der Waals surface area contributed by atoms with E-state index in [-0.39, 0.29) is 11.2 Å². The van der Waals surface area contributed by atoms with E-state index in [9.17, 15) is 4.39 Å². The Morgan fingerprint density at radius 2 is 2.00 bits per heavy atom. The molecule has 1 rings (SSSR count). The number of benzene rings is 1. The van der Waals surface area contributed by atoms with Crippen LogP contribution in [0.3, 0.4) is 0 Å². The second-order valence-corrected chi connectivity index (χ2v) is 5.95. The van der Waals surface area contributed by atoms with Gasteiger partial charge in [-0.15, -0.1) is 0 Å². The number of nitrogens with one attached hydrogen (secondary N) is 1. The summed E-state index contributed by atoms with van der Waals surface area (Å²) in [5.74, 6) is -0.299. The van der Waals surface area contributed by atoms with Crippen LogP contribution in [0.1, 0.15) is 27.2 Å².